The number of aryl methyl sites for hydroxylation is 1. The molecule has 34 heavy (non-hydrogen) atoms. The number of pyridine rings is 2. The van der Waals surface area contributed by atoms with Crippen molar-refractivity contribution in [2.24, 2.45) is 12.5 Å². The number of benzene rings is 1. The normalized spacial score (nSPS) is 17.0. The maximum absolute atomic E-state index is 13.0. The molecule has 1 saturated carbocycles. The number of carbonyl (C=O) groups excluding carboxylic acids is 1. The summed E-state index contributed by atoms with van der Waals surface area (Å²) < 4.78 is 1.99. The molecule has 4 heterocycles. The molecule has 0 unspecified atom stereocenters. The molecule has 1 aliphatic carbocycles. The number of amides is 1. The third-order valence-corrected chi connectivity index (χ3v) is 7.37. The number of carbonyl (C=O) groups is 1. The molecule has 6 rings (SSSR count). The summed E-state index contributed by atoms with van der Waals surface area (Å²) in [5.74, 6) is 1.24. The molecule has 172 valence electrons. The van der Waals surface area contributed by atoms with Crippen LogP contribution in [0.3, 0.4) is 0 Å². The van der Waals surface area contributed by atoms with Crippen molar-refractivity contribution in [1.82, 2.24) is 19.5 Å². The van der Waals surface area contributed by atoms with Crippen LogP contribution in [0.1, 0.15) is 42.5 Å². The van der Waals surface area contributed by atoms with E-state index < -0.39 is 0 Å². The molecular formula is C27H28N6O. The van der Waals surface area contributed by atoms with Gasteiger partial charge in [-0.15, -0.1) is 0 Å². The van der Waals surface area contributed by atoms with Crippen LogP contribution in [0.5, 0.6) is 0 Å². The number of hydrogen-bond acceptors (Lipinski definition) is 5. The van der Waals surface area contributed by atoms with E-state index in [4.69, 9.17) is 0 Å². The highest BCUT2D eigenvalue weighted by Crippen LogP contribution is 2.45. The Hall–Kier alpha value is -3.74. The average Bonchev–Trinajstić information content (AvgIpc) is 3.28. The predicted octanol–water partition coefficient (Wildman–Crippen LogP) is 5.05. The minimum absolute atomic E-state index is 0.175. The first-order chi connectivity index (χ1) is 16.6. The Morgan fingerprint density at radius 1 is 0.971 bits per heavy atom. The van der Waals surface area contributed by atoms with Crippen LogP contribution >= 0.6 is 0 Å². The Kier molecular flexibility index (Phi) is 5.05. The molecular weight excluding hydrogens is 424 g/mol. The summed E-state index contributed by atoms with van der Waals surface area (Å²) in [5, 5.41) is 4.99. The molecule has 3 aromatic heterocycles. The number of anilines is 2. The van der Waals surface area contributed by atoms with Gasteiger partial charge >= 0.3 is 0 Å². The zero-order valence-corrected chi connectivity index (χ0v) is 19.4. The third kappa shape index (κ3) is 3.81. The average molecular weight is 453 g/mol. The van der Waals surface area contributed by atoms with Crippen LogP contribution in [0.2, 0.25) is 0 Å². The third-order valence-electron chi connectivity index (χ3n) is 7.37. The topological polar surface area (TPSA) is 75.9 Å². The maximum Gasteiger partial charge on any atom is 0.257 e. The number of rotatable bonds is 4. The molecule has 1 saturated heterocycles. The van der Waals surface area contributed by atoms with Crippen molar-refractivity contribution in [3.05, 3.63) is 66.9 Å². The molecule has 7 nitrogen and oxygen atoms in total. The van der Waals surface area contributed by atoms with E-state index in [0.29, 0.717) is 16.8 Å². The molecule has 7 heteroatoms. The fourth-order valence-corrected chi connectivity index (χ4v) is 5.47. The lowest BCUT2D eigenvalue weighted by Crippen LogP contribution is -2.57. The van der Waals surface area contributed by atoms with Crippen molar-refractivity contribution >= 4 is 28.3 Å². The van der Waals surface area contributed by atoms with Crippen LogP contribution < -0.4 is 10.2 Å². The van der Waals surface area contributed by atoms with E-state index in [2.05, 4.69) is 37.3 Å². The van der Waals surface area contributed by atoms with E-state index in [1.807, 2.05) is 36.0 Å². The maximum atomic E-state index is 13.0. The number of fused-ring (bicyclic) bond motifs is 1. The van der Waals surface area contributed by atoms with Gasteiger partial charge in [0.1, 0.15) is 11.6 Å². The Morgan fingerprint density at radius 3 is 2.62 bits per heavy atom. The van der Waals surface area contributed by atoms with E-state index in [1.54, 1.807) is 24.8 Å². The van der Waals surface area contributed by atoms with Gasteiger partial charge in [-0.3, -0.25) is 4.79 Å². The Labute approximate surface area is 198 Å². The summed E-state index contributed by atoms with van der Waals surface area (Å²) in [6, 6.07) is 11.8. The number of aromatic nitrogens is 4. The molecule has 1 aromatic carbocycles. The molecule has 0 radical (unpaired) electrons. The largest absolute Gasteiger partial charge is 0.355 e. The molecule has 1 aliphatic heterocycles. The summed E-state index contributed by atoms with van der Waals surface area (Å²) in [4.78, 5) is 28.5. The quantitative estimate of drug-likeness (QED) is 0.469. The Bertz CT molecular complexity index is 1360. The van der Waals surface area contributed by atoms with Gasteiger partial charge in [0.25, 0.3) is 5.91 Å². The van der Waals surface area contributed by atoms with Gasteiger partial charge in [0.2, 0.25) is 0 Å². The smallest absolute Gasteiger partial charge is 0.257 e. The molecule has 1 N–H and O–H groups in total. The first-order valence-electron chi connectivity index (χ1n) is 12.0. The lowest BCUT2D eigenvalue weighted by atomic mass is 9.68. The monoisotopic (exact) mass is 452 g/mol. The van der Waals surface area contributed by atoms with Crippen molar-refractivity contribution in [2.75, 3.05) is 23.3 Å². The minimum atomic E-state index is -0.175. The Balaban J connectivity index is 1.19. The van der Waals surface area contributed by atoms with E-state index in [1.165, 1.54) is 32.1 Å². The van der Waals surface area contributed by atoms with Crippen molar-refractivity contribution in [1.29, 1.82) is 0 Å². The zero-order chi connectivity index (χ0) is 23.1. The SMILES string of the molecule is Cn1cncc1-c1ccc2cnc(NC(=O)c3ccnc(N4CC5(CCCCC5)C4)c3)cc2c1. The molecule has 2 aliphatic rings. The lowest BCUT2D eigenvalue weighted by molar-refractivity contribution is 0.102. The van der Waals surface area contributed by atoms with Gasteiger partial charge in [0.05, 0.1) is 18.2 Å². The number of imidazole rings is 1. The summed E-state index contributed by atoms with van der Waals surface area (Å²) in [6.45, 7) is 2.10. The second-order valence-electron chi connectivity index (χ2n) is 9.79. The highest BCUT2D eigenvalue weighted by molar-refractivity contribution is 6.05. The summed E-state index contributed by atoms with van der Waals surface area (Å²) in [5.41, 5.74) is 3.18. The number of nitrogens with one attached hydrogen (secondary N) is 1. The van der Waals surface area contributed by atoms with Crippen molar-refractivity contribution < 1.29 is 4.79 Å². The van der Waals surface area contributed by atoms with Gasteiger partial charge in [-0.25, -0.2) is 15.0 Å². The molecule has 0 atom stereocenters. The number of hydrogen-bond donors (Lipinski definition) is 1. The second kappa shape index (κ2) is 8.24. The van der Waals surface area contributed by atoms with Gasteiger partial charge in [0.15, 0.2) is 0 Å². The van der Waals surface area contributed by atoms with Crippen LogP contribution in [0.4, 0.5) is 11.6 Å². The van der Waals surface area contributed by atoms with Gasteiger partial charge in [-0.05, 0) is 42.5 Å². The first-order valence-corrected chi connectivity index (χ1v) is 12.0. The molecule has 4 aromatic rings. The van der Waals surface area contributed by atoms with Gasteiger partial charge < -0.3 is 14.8 Å². The Morgan fingerprint density at radius 2 is 1.82 bits per heavy atom. The van der Waals surface area contributed by atoms with Gasteiger partial charge in [-0.1, -0.05) is 31.4 Å². The number of nitrogens with zero attached hydrogens (tertiary/aromatic N) is 5. The zero-order valence-electron chi connectivity index (χ0n) is 19.4. The minimum Gasteiger partial charge on any atom is -0.355 e. The van der Waals surface area contributed by atoms with Crippen molar-refractivity contribution in [3.8, 4) is 11.3 Å². The fraction of sp³-hybridized carbons (Fsp3) is 0.333. The van der Waals surface area contributed by atoms with E-state index in [9.17, 15) is 4.79 Å². The molecule has 0 bridgehead atoms. The van der Waals surface area contributed by atoms with Crippen LogP contribution in [0, 0.1) is 5.41 Å². The first kappa shape index (κ1) is 20.8. The standard InChI is InChI=1S/C27H28N6O/c1-32-18-28-15-23(32)19-5-6-21-14-30-24(12-22(21)11-19)31-26(34)20-7-10-29-25(13-20)33-16-27(17-33)8-3-2-4-9-27/h5-7,10-15,18H,2-4,8-9,16-17H2,1H3,(H,30,31,34). The predicted molar refractivity (Wildman–Crippen MR) is 134 cm³/mol. The summed E-state index contributed by atoms with van der Waals surface area (Å²) in [7, 11) is 1.98. The van der Waals surface area contributed by atoms with Crippen LogP contribution in [-0.4, -0.2) is 38.5 Å². The van der Waals surface area contributed by atoms with Crippen molar-refractivity contribution in [2.45, 2.75) is 32.1 Å². The second-order valence-corrected chi connectivity index (χ2v) is 9.79. The van der Waals surface area contributed by atoms with Crippen molar-refractivity contribution in [3.63, 3.8) is 0 Å². The molecule has 1 amide bonds. The lowest BCUT2D eigenvalue weighted by Gasteiger charge is -2.53. The highest BCUT2D eigenvalue weighted by atomic mass is 16.1. The van der Waals surface area contributed by atoms with E-state index in [-0.39, 0.29) is 5.91 Å². The van der Waals surface area contributed by atoms with Gasteiger partial charge in [0, 0.05) is 54.5 Å². The summed E-state index contributed by atoms with van der Waals surface area (Å²) >= 11 is 0. The van der Waals surface area contributed by atoms with Crippen LogP contribution in [-0.2, 0) is 7.05 Å². The van der Waals surface area contributed by atoms with E-state index in [0.717, 1.165) is 40.9 Å². The highest BCUT2D eigenvalue weighted by Gasteiger charge is 2.43. The summed E-state index contributed by atoms with van der Waals surface area (Å²) in [6.07, 6.45) is 13.8. The van der Waals surface area contributed by atoms with E-state index >= 15 is 0 Å². The van der Waals surface area contributed by atoms with Crippen LogP contribution in [0.25, 0.3) is 22.0 Å². The van der Waals surface area contributed by atoms with Gasteiger partial charge in [-0.2, -0.15) is 0 Å². The fourth-order valence-electron chi connectivity index (χ4n) is 5.47. The van der Waals surface area contributed by atoms with Crippen LogP contribution in [0.15, 0.2) is 61.3 Å². The molecule has 1 spiro atoms. The molecule has 2 fully saturated rings.